The van der Waals surface area contributed by atoms with Crippen molar-refractivity contribution in [1.29, 1.82) is 0 Å². The lowest BCUT2D eigenvalue weighted by Gasteiger charge is -2.09. The number of oxazole rings is 1. The number of nitrogens with one attached hydrogen (secondary N) is 2. The highest BCUT2D eigenvalue weighted by molar-refractivity contribution is 5.92. The summed E-state index contributed by atoms with van der Waals surface area (Å²) in [5.41, 5.74) is 0.189. The van der Waals surface area contributed by atoms with Crippen molar-refractivity contribution in [2.24, 2.45) is 0 Å². The lowest BCUT2D eigenvalue weighted by Crippen LogP contribution is -2.27. The Morgan fingerprint density at radius 3 is 3.11 bits per heavy atom. The number of benzene rings is 1. The van der Waals surface area contributed by atoms with Crippen LogP contribution in [0.3, 0.4) is 0 Å². The second-order valence-corrected chi connectivity index (χ2v) is 5.94. The van der Waals surface area contributed by atoms with Crippen molar-refractivity contribution in [2.45, 2.75) is 19.6 Å². The van der Waals surface area contributed by atoms with Gasteiger partial charge in [0.2, 0.25) is 5.89 Å². The second-order valence-electron chi connectivity index (χ2n) is 5.94. The van der Waals surface area contributed by atoms with Gasteiger partial charge in [-0.05, 0) is 19.1 Å². The maximum atomic E-state index is 12.3. The number of fused-ring (bicyclic) bond motifs is 1. The molecule has 8 nitrogen and oxygen atoms in total. The minimum atomic E-state index is -0.342. The number of H-pyrrole nitrogens is 1. The average Bonchev–Trinajstić information content (AvgIpc) is 3.38. The van der Waals surface area contributed by atoms with Gasteiger partial charge in [-0.15, -0.1) is 0 Å². The molecule has 27 heavy (non-hydrogen) atoms. The minimum absolute atomic E-state index is 0.114. The molecule has 0 fully saturated rings. The maximum absolute atomic E-state index is 12.3. The average molecular weight is 363 g/mol. The molecule has 2 N–H and O–H groups in total. The minimum Gasteiger partial charge on any atom is -0.483 e. The second kappa shape index (κ2) is 7.28. The fraction of sp³-hybridized carbons (Fsp3) is 0.158. The van der Waals surface area contributed by atoms with Crippen LogP contribution in [0.5, 0.6) is 5.75 Å². The Balaban J connectivity index is 1.41. The van der Waals surface area contributed by atoms with Gasteiger partial charge in [0.25, 0.3) is 5.91 Å². The van der Waals surface area contributed by atoms with Gasteiger partial charge in [-0.2, -0.15) is 0 Å². The molecule has 0 saturated carbocycles. The van der Waals surface area contributed by atoms with Crippen molar-refractivity contribution in [3.63, 3.8) is 0 Å². The van der Waals surface area contributed by atoms with E-state index in [2.05, 4.69) is 25.3 Å². The van der Waals surface area contributed by atoms with E-state index in [-0.39, 0.29) is 24.2 Å². The quantitative estimate of drug-likeness (QED) is 0.545. The summed E-state index contributed by atoms with van der Waals surface area (Å²) < 4.78 is 11.2. The fourth-order valence-electron chi connectivity index (χ4n) is 2.69. The maximum Gasteiger partial charge on any atom is 0.273 e. The van der Waals surface area contributed by atoms with Crippen molar-refractivity contribution >= 4 is 16.7 Å². The van der Waals surface area contributed by atoms with Gasteiger partial charge in [0.1, 0.15) is 17.8 Å². The number of nitrogens with zero attached hydrogens (tertiary/aromatic N) is 3. The Hall–Kier alpha value is -3.68. The molecule has 0 bridgehead atoms. The Bertz CT molecular complexity index is 1050. The number of rotatable bonds is 6. The van der Waals surface area contributed by atoms with E-state index in [9.17, 15) is 4.79 Å². The molecule has 0 aliphatic rings. The molecule has 1 atom stereocenters. The van der Waals surface area contributed by atoms with Crippen molar-refractivity contribution in [3.05, 3.63) is 72.7 Å². The molecular formula is C19H17N5O3. The summed E-state index contributed by atoms with van der Waals surface area (Å²) in [4.78, 5) is 27.7. The highest BCUT2D eigenvalue weighted by Crippen LogP contribution is 2.25. The molecule has 3 aromatic heterocycles. The van der Waals surface area contributed by atoms with Crippen molar-refractivity contribution in [3.8, 4) is 5.75 Å². The SMILES string of the molecule is C[C@H](NC(=O)c1coc(COc2cccc3cnccc23)n1)c1ncc[nH]1. The molecular weight excluding hydrogens is 346 g/mol. The van der Waals surface area contributed by atoms with E-state index in [4.69, 9.17) is 9.15 Å². The molecule has 0 radical (unpaired) electrons. The lowest BCUT2D eigenvalue weighted by atomic mass is 10.1. The van der Waals surface area contributed by atoms with Crippen LogP contribution in [0.1, 0.15) is 35.2 Å². The fourth-order valence-corrected chi connectivity index (χ4v) is 2.69. The standard InChI is InChI=1S/C19H17N5O3/c1-12(18-21-7-8-22-18)23-19(25)15-10-27-17(24-15)11-26-16-4-2-3-13-9-20-6-5-14(13)16/h2-10,12H,11H2,1H3,(H,21,22)(H,23,25)/t12-/m0/s1. The van der Waals surface area contributed by atoms with Crippen LogP contribution in [-0.2, 0) is 6.61 Å². The molecule has 0 spiro atoms. The Kier molecular flexibility index (Phi) is 4.52. The molecule has 1 aromatic carbocycles. The molecule has 136 valence electrons. The molecule has 1 amide bonds. The lowest BCUT2D eigenvalue weighted by molar-refractivity contribution is 0.0933. The van der Waals surface area contributed by atoms with E-state index >= 15 is 0 Å². The summed E-state index contributed by atoms with van der Waals surface area (Å²) in [5.74, 6) is 1.34. The zero-order valence-corrected chi connectivity index (χ0v) is 14.5. The van der Waals surface area contributed by atoms with Crippen LogP contribution in [0.15, 0.2) is 59.7 Å². The number of hydrogen-bond donors (Lipinski definition) is 2. The van der Waals surface area contributed by atoms with Crippen LogP contribution in [0.4, 0.5) is 0 Å². The smallest absolute Gasteiger partial charge is 0.273 e. The summed E-state index contributed by atoms with van der Waals surface area (Å²) in [7, 11) is 0. The van der Waals surface area contributed by atoms with Gasteiger partial charge in [-0.1, -0.05) is 12.1 Å². The summed E-state index contributed by atoms with van der Waals surface area (Å²) >= 11 is 0. The monoisotopic (exact) mass is 363 g/mol. The highest BCUT2D eigenvalue weighted by atomic mass is 16.5. The van der Waals surface area contributed by atoms with Crippen molar-refractivity contribution in [2.75, 3.05) is 0 Å². The summed E-state index contributed by atoms with van der Waals surface area (Å²) in [6.45, 7) is 1.94. The topological polar surface area (TPSA) is 106 Å². The van der Waals surface area contributed by atoms with E-state index in [0.29, 0.717) is 17.5 Å². The molecule has 0 saturated heterocycles. The first kappa shape index (κ1) is 16.8. The molecule has 0 aliphatic heterocycles. The van der Waals surface area contributed by atoms with Gasteiger partial charge in [0.05, 0.1) is 6.04 Å². The number of aromatic amines is 1. The van der Waals surface area contributed by atoms with Gasteiger partial charge in [-0.25, -0.2) is 9.97 Å². The largest absolute Gasteiger partial charge is 0.483 e. The number of aromatic nitrogens is 4. The Labute approximate surface area is 154 Å². The number of hydrogen-bond acceptors (Lipinski definition) is 6. The van der Waals surface area contributed by atoms with E-state index in [1.54, 1.807) is 24.8 Å². The van der Waals surface area contributed by atoms with Crippen LogP contribution in [0.2, 0.25) is 0 Å². The van der Waals surface area contributed by atoms with Gasteiger partial charge in [0.15, 0.2) is 12.3 Å². The van der Waals surface area contributed by atoms with Crippen molar-refractivity contribution in [1.82, 2.24) is 25.3 Å². The molecule has 4 aromatic rings. The third kappa shape index (κ3) is 3.64. The van der Waals surface area contributed by atoms with E-state index in [1.807, 2.05) is 31.2 Å². The van der Waals surface area contributed by atoms with Crippen LogP contribution in [0.25, 0.3) is 10.8 Å². The zero-order chi connectivity index (χ0) is 18.6. The summed E-state index contributed by atoms with van der Waals surface area (Å²) in [6.07, 6.45) is 8.13. The van der Waals surface area contributed by atoms with Gasteiger partial charge in [-0.3, -0.25) is 9.78 Å². The number of amides is 1. The number of pyridine rings is 1. The molecule has 3 heterocycles. The first-order valence-electron chi connectivity index (χ1n) is 8.41. The van der Waals surface area contributed by atoms with E-state index < -0.39 is 0 Å². The first-order valence-corrected chi connectivity index (χ1v) is 8.41. The van der Waals surface area contributed by atoms with Gasteiger partial charge < -0.3 is 19.5 Å². The molecule has 0 aliphatic carbocycles. The summed E-state index contributed by atoms with van der Waals surface area (Å²) in [5, 5.41) is 4.74. The molecule has 0 unspecified atom stereocenters. The number of ether oxygens (including phenoxy) is 1. The Morgan fingerprint density at radius 2 is 2.26 bits per heavy atom. The van der Waals surface area contributed by atoms with Gasteiger partial charge in [0, 0.05) is 35.6 Å². The van der Waals surface area contributed by atoms with Crippen molar-refractivity contribution < 1.29 is 13.9 Å². The number of carbonyl (C=O) groups is 1. The molecule has 4 rings (SSSR count). The predicted octanol–water partition coefficient (Wildman–Crippen LogP) is 3.02. The summed E-state index contributed by atoms with van der Waals surface area (Å²) in [6, 6.07) is 7.33. The predicted molar refractivity (Wildman–Crippen MR) is 97.0 cm³/mol. The third-order valence-corrected chi connectivity index (χ3v) is 4.05. The van der Waals surface area contributed by atoms with Crippen LogP contribution in [-0.4, -0.2) is 25.8 Å². The van der Waals surface area contributed by atoms with Gasteiger partial charge >= 0.3 is 0 Å². The highest BCUT2D eigenvalue weighted by Gasteiger charge is 2.17. The van der Waals surface area contributed by atoms with Crippen LogP contribution >= 0.6 is 0 Å². The van der Waals surface area contributed by atoms with Crippen LogP contribution < -0.4 is 10.1 Å². The molecule has 8 heteroatoms. The van der Waals surface area contributed by atoms with Crippen LogP contribution in [0, 0.1) is 0 Å². The first-order chi connectivity index (χ1) is 13.2. The normalized spacial score (nSPS) is 12.0. The third-order valence-electron chi connectivity index (χ3n) is 4.05. The van der Waals surface area contributed by atoms with E-state index in [1.165, 1.54) is 6.26 Å². The zero-order valence-electron chi connectivity index (χ0n) is 14.5. The van der Waals surface area contributed by atoms with E-state index in [0.717, 1.165) is 10.8 Å². The number of carbonyl (C=O) groups excluding carboxylic acids is 1. The number of imidazole rings is 1. The Morgan fingerprint density at radius 1 is 1.33 bits per heavy atom.